The lowest BCUT2D eigenvalue weighted by atomic mass is 9.86. The van der Waals surface area contributed by atoms with Crippen LogP contribution in [0.2, 0.25) is 20.1 Å². The van der Waals surface area contributed by atoms with E-state index in [0.717, 1.165) is 18.4 Å². The van der Waals surface area contributed by atoms with Crippen molar-refractivity contribution in [1.82, 2.24) is 15.0 Å². The molecule has 0 spiro atoms. The Morgan fingerprint density at radius 2 is 1.60 bits per heavy atom. The van der Waals surface area contributed by atoms with Gasteiger partial charge in [0.25, 0.3) is 0 Å². The number of nitrogens with zero attached hydrogens (tertiary/aromatic N) is 3. The zero-order chi connectivity index (χ0) is 24.4. The maximum Gasteiger partial charge on any atom is 0.320 e. The van der Waals surface area contributed by atoms with Gasteiger partial charge in [-0.1, -0.05) is 65.0 Å². The van der Waals surface area contributed by atoms with Gasteiger partial charge in [0.05, 0.1) is 34.1 Å². The van der Waals surface area contributed by atoms with Crippen molar-refractivity contribution in [3.8, 4) is 40.0 Å². The third-order valence-corrected chi connectivity index (χ3v) is 6.75. The molecule has 4 aromatic rings. The average molecular weight is 547 g/mol. The van der Waals surface area contributed by atoms with Gasteiger partial charge in [0.2, 0.25) is 5.88 Å². The Morgan fingerprint density at radius 3 is 2.29 bits per heavy atom. The third-order valence-electron chi connectivity index (χ3n) is 5.74. The van der Waals surface area contributed by atoms with E-state index in [1.807, 2.05) is 18.2 Å². The largest absolute Gasteiger partial charge is 0.463 e. The molecule has 0 amide bonds. The summed E-state index contributed by atoms with van der Waals surface area (Å²) in [6, 6.07) is 14.4. The van der Waals surface area contributed by atoms with E-state index in [1.165, 1.54) is 12.6 Å². The van der Waals surface area contributed by atoms with E-state index in [1.54, 1.807) is 36.5 Å². The van der Waals surface area contributed by atoms with Gasteiger partial charge in [0.15, 0.2) is 0 Å². The lowest BCUT2D eigenvalue weighted by Crippen LogP contribution is -2.20. The molecule has 0 saturated heterocycles. The first-order valence-electron chi connectivity index (χ1n) is 11.0. The van der Waals surface area contributed by atoms with Crippen LogP contribution in [0.4, 0.5) is 0 Å². The van der Waals surface area contributed by atoms with Crippen LogP contribution in [0, 0.1) is 5.92 Å². The Kier molecular flexibility index (Phi) is 7.30. The first-order valence-corrected chi connectivity index (χ1v) is 12.5. The molecule has 0 atom stereocenters. The maximum atomic E-state index is 6.62. The minimum Gasteiger partial charge on any atom is -0.463 e. The molecular weight excluding hydrogens is 528 g/mol. The van der Waals surface area contributed by atoms with E-state index in [-0.39, 0.29) is 11.9 Å². The molecule has 1 saturated carbocycles. The summed E-state index contributed by atoms with van der Waals surface area (Å²) in [6.45, 7) is 0.534. The molecule has 5 rings (SSSR count). The third kappa shape index (κ3) is 5.65. The first-order chi connectivity index (χ1) is 17.0. The van der Waals surface area contributed by atoms with Crippen molar-refractivity contribution in [1.29, 1.82) is 0 Å². The van der Waals surface area contributed by atoms with Crippen molar-refractivity contribution in [2.45, 2.75) is 19.3 Å². The lowest BCUT2D eigenvalue weighted by Gasteiger charge is -2.25. The Bertz CT molecular complexity index is 1360. The maximum absolute atomic E-state index is 6.62. The molecule has 2 heterocycles. The SMILES string of the molecule is Clc1ccc(-c2c(Oc3cncc(Cl)c3)nc(OCC3CCC3)nc2-c2ccc(Cl)cc2Cl)cc1. The molecule has 35 heavy (non-hydrogen) atoms. The molecule has 0 N–H and O–H groups in total. The highest BCUT2D eigenvalue weighted by atomic mass is 35.5. The zero-order valence-corrected chi connectivity index (χ0v) is 21.4. The van der Waals surface area contributed by atoms with Gasteiger partial charge in [-0.15, -0.1) is 0 Å². The van der Waals surface area contributed by atoms with Crippen LogP contribution < -0.4 is 9.47 Å². The van der Waals surface area contributed by atoms with Crippen molar-refractivity contribution in [2.75, 3.05) is 6.61 Å². The molecular formula is C26H19Cl4N3O2. The fourth-order valence-corrected chi connectivity index (χ4v) is 4.51. The highest BCUT2D eigenvalue weighted by molar-refractivity contribution is 6.36. The summed E-state index contributed by atoms with van der Waals surface area (Å²) < 4.78 is 12.2. The van der Waals surface area contributed by atoms with Gasteiger partial charge in [0, 0.05) is 27.9 Å². The summed E-state index contributed by atoms with van der Waals surface area (Å²) in [4.78, 5) is 13.5. The molecule has 9 heteroatoms. The molecule has 1 aliphatic carbocycles. The molecule has 5 nitrogen and oxygen atoms in total. The highest BCUT2D eigenvalue weighted by Crippen LogP contribution is 2.43. The first kappa shape index (κ1) is 24.1. The summed E-state index contributed by atoms with van der Waals surface area (Å²) in [5, 5.41) is 1.99. The Hall–Kier alpha value is -2.57. The fourth-order valence-electron chi connectivity index (χ4n) is 3.72. The van der Waals surface area contributed by atoms with Crippen LogP contribution in [0.5, 0.6) is 17.6 Å². The number of benzene rings is 2. The normalized spacial score (nSPS) is 13.4. The van der Waals surface area contributed by atoms with E-state index < -0.39 is 0 Å². The quantitative estimate of drug-likeness (QED) is 0.232. The number of ether oxygens (including phenoxy) is 2. The Labute approximate surface area is 223 Å². The van der Waals surface area contributed by atoms with Crippen LogP contribution in [0.3, 0.4) is 0 Å². The minimum absolute atomic E-state index is 0.195. The van der Waals surface area contributed by atoms with Crippen LogP contribution in [0.1, 0.15) is 19.3 Å². The van der Waals surface area contributed by atoms with Crippen molar-refractivity contribution < 1.29 is 9.47 Å². The van der Waals surface area contributed by atoms with E-state index in [4.69, 9.17) is 60.9 Å². The Balaban J connectivity index is 1.69. The summed E-state index contributed by atoms with van der Waals surface area (Å²) in [6.07, 6.45) is 6.57. The van der Waals surface area contributed by atoms with Crippen LogP contribution in [-0.4, -0.2) is 21.6 Å². The van der Waals surface area contributed by atoms with Gasteiger partial charge in [-0.2, -0.15) is 9.97 Å². The van der Waals surface area contributed by atoms with Crippen LogP contribution in [0.25, 0.3) is 22.4 Å². The molecule has 0 aliphatic heterocycles. The van der Waals surface area contributed by atoms with Crippen LogP contribution in [-0.2, 0) is 0 Å². The number of hydrogen-bond donors (Lipinski definition) is 0. The molecule has 2 aromatic heterocycles. The number of hydrogen-bond acceptors (Lipinski definition) is 5. The molecule has 0 bridgehead atoms. The molecule has 0 unspecified atom stereocenters. The monoisotopic (exact) mass is 545 g/mol. The Morgan fingerprint density at radius 1 is 0.829 bits per heavy atom. The van der Waals surface area contributed by atoms with Gasteiger partial charge >= 0.3 is 6.01 Å². The summed E-state index contributed by atoms with van der Waals surface area (Å²) >= 11 is 25.1. The van der Waals surface area contributed by atoms with E-state index >= 15 is 0 Å². The second-order valence-electron chi connectivity index (χ2n) is 8.21. The molecule has 1 fully saturated rings. The number of rotatable bonds is 7. The molecule has 0 radical (unpaired) electrons. The standard InChI is InChI=1S/C26H19Cl4N3O2/c27-17-6-4-16(5-7-17)23-24(21-9-8-18(28)11-22(21)30)32-26(34-14-15-2-1-3-15)33-25(23)35-20-10-19(29)12-31-13-20/h4-13,15H,1-3,14H2. The van der Waals surface area contributed by atoms with Crippen molar-refractivity contribution in [3.63, 3.8) is 0 Å². The van der Waals surface area contributed by atoms with Gasteiger partial charge in [-0.25, -0.2) is 0 Å². The lowest BCUT2D eigenvalue weighted by molar-refractivity contribution is 0.169. The highest BCUT2D eigenvalue weighted by Gasteiger charge is 2.24. The topological polar surface area (TPSA) is 57.1 Å². The minimum atomic E-state index is 0.195. The predicted octanol–water partition coefficient (Wildman–Crippen LogP) is 8.79. The average Bonchev–Trinajstić information content (AvgIpc) is 2.79. The van der Waals surface area contributed by atoms with Gasteiger partial charge in [-0.3, -0.25) is 4.98 Å². The summed E-state index contributed by atoms with van der Waals surface area (Å²) in [5.41, 5.74) is 2.59. The van der Waals surface area contributed by atoms with Crippen molar-refractivity contribution in [2.24, 2.45) is 5.92 Å². The zero-order valence-electron chi connectivity index (χ0n) is 18.3. The van der Waals surface area contributed by atoms with Crippen LogP contribution >= 0.6 is 46.4 Å². The van der Waals surface area contributed by atoms with E-state index in [9.17, 15) is 0 Å². The molecule has 1 aliphatic rings. The van der Waals surface area contributed by atoms with E-state index in [2.05, 4.69) is 9.97 Å². The number of aromatic nitrogens is 3. The van der Waals surface area contributed by atoms with Gasteiger partial charge in [0.1, 0.15) is 5.75 Å². The number of pyridine rings is 1. The molecule has 2 aromatic carbocycles. The number of halogens is 4. The summed E-state index contributed by atoms with van der Waals surface area (Å²) in [5.74, 6) is 1.19. The van der Waals surface area contributed by atoms with Crippen molar-refractivity contribution in [3.05, 3.63) is 81.0 Å². The summed E-state index contributed by atoms with van der Waals surface area (Å²) in [7, 11) is 0. The fraction of sp³-hybridized carbons (Fsp3) is 0.192. The van der Waals surface area contributed by atoms with Gasteiger partial charge < -0.3 is 9.47 Å². The van der Waals surface area contributed by atoms with Crippen molar-refractivity contribution >= 4 is 46.4 Å². The second kappa shape index (κ2) is 10.6. The smallest absolute Gasteiger partial charge is 0.320 e. The predicted molar refractivity (Wildman–Crippen MR) is 140 cm³/mol. The molecule has 178 valence electrons. The van der Waals surface area contributed by atoms with Gasteiger partial charge in [-0.05, 0) is 54.7 Å². The van der Waals surface area contributed by atoms with Crippen LogP contribution in [0.15, 0.2) is 60.9 Å². The van der Waals surface area contributed by atoms with E-state index in [0.29, 0.717) is 55.2 Å². The second-order valence-corrected chi connectivity index (χ2v) is 9.93.